The van der Waals surface area contributed by atoms with Gasteiger partial charge in [0.1, 0.15) is 5.15 Å². The molecule has 0 amide bonds. The zero-order valence-electron chi connectivity index (χ0n) is 9.47. The predicted octanol–water partition coefficient (Wildman–Crippen LogP) is 2.81. The van der Waals surface area contributed by atoms with Gasteiger partial charge in [0.25, 0.3) is 0 Å². The standard InChI is InChI=1S/C12H17ClN2/c1-8-4-5-9(10(13)15-8)12(6-7-12)11(2,3)14/h4-5H,6-7,14H2,1-3H3. The van der Waals surface area contributed by atoms with E-state index in [9.17, 15) is 0 Å². The van der Waals surface area contributed by atoms with Gasteiger partial charge in [0, 0.05) is 16.6 Å². The van der Waals surface area contributed by atoms with Crippen molar-refractivity contribution in [1.29, 1.82) is 0 Å². The van der Waals surface area contributed by atoms with Crippen molar-refractivity contribution in [2.24, 2.45) is 5.73 Å². The van der Waals surface area contributed by atoms with Crippen molar-refractivity contribution in [1.82, 2.24) is 4.98 Å². The monoisotopic (exact) mass is 224 g/mol. The van der Waals surface area contributed by atoms with Gasteiger partial charge in [0.15, 0.2) is 0 Å². The number of nitrogens with zero attached hydrogens (tertiary/aromatic N) is 1. The molecule has 1 aromatic heterocycles. The maximum absolute atomic E-state index is 6.23. The van der Waals surface area contributed by atoms with Gasteiger partial charge in [0.2, 0.25) is 0 Å². The van der Waals surface area contributed by atoms with E-state index in [2.05, 4.69) is 24.9 Å². The second kappa shape index (κ2) is 3.19. The molecule has 1 aliphatic rings. The molecule has 1 aliphatic carbocycles. The average Bonchev–Trinajstić information content (AvgIpc) is 2.83. The summed E-state index contributed by atoms with van der Waals surface area (Å²) in [7, 11) is 0. The molecule has 0 saturated heterocycles. The fourth-order valence-electron chi connectivity index (χ4n) is 2.27. The minimum absolute atomic E-state index is 0.0464. The van der Waals surface area contributed by atoms with E-state index in [4.69, 9.17) is 17.3 Å². The molecular weight excluding hydrogens is 208 g/mol. The van der Waals surface area contributed by atoms with E-state index in [1.54, 1.807) is 0 Å². The topological polar surface area (TPSA) is 38.9 Å². The Labute approximate surface area is 95.8 Å². The maximum atomic E-state index is 6.23. The summed E-state index contributed by atoms with van der Waals surface area (Å²) in [6.07, 6.45) is 2.22. The van der Waals surface area contributed by atoms with E-state index in [1.165, 1.54) is 0 Å². The number of halogens is 1. The third-order valence-electron chi connectivity index (χ3n) is 3.49. The first-order valence-corrected chi connectivity index (χ1v) is 5.67. The van der Waals surface area contributed by atoms with Crippen molar-refractivity contribution < 1.29 is 0 Å². The van der Waals surface area contributed by atoms with Crippen LogP contribution in [-0.4, -0.2) is 10.5 Å². The molecule has 3 heteroatoms. The van der Waals surface area contributed by atoms with Gasteiger partial charge in [-0.15, -0.1) is 0 Å². The van der Waals surface area contributed by atoms with Crippen LogP contribution in [-0.2, 0) is 5.41 Å². The molecule has 0 aliphatic heterocycles. The number of nitrogens with two attached hydrogens (primary N) is 1. The van der Waals surface area contributed by atoms with Crippen LogP contribution < -0.4 is 5.73 Å². The molecule has 1 heterocycles. The summed E-state index contributed by atoms with van der Waals surface area (Å²) in [4.78, 5) is 4.30. The molecule has 2 N–H and O–H groups in total. The van der Waals surface area contributed by atoms with E-state index in [-0.39, 0.29) is 11.0 Å². The van der Waals surface area contributed by atoms with Gasteiger partial charge in [0.05, 0.1) is 0 Å². The summed E-state index contributed by atoms with van der Waals surface area (Å²) in [6, 6.07) is 4.08. The second-order valence-electron chi connectivity index (χ2n) is 5.09. The number of hydrogen-bond donors (Lipinski definition) is 1. The lowest BCUT2D eigenvalue weighted by Crippen LogP contribution is -2.45. The number of aryl methyl sites for hydroxylation is 1. The Bertz CT molecular complexity index is 389. The van der Waals surface area contributed by atoms with E-state index in [1.807, 2.05) is 13.0 Å². The maximum Gasteiger partial charge on any atom is 0.133 e. The largest absolute Gasteiger partial charge is 0.325 e. The van der Waals surface area contributed by atoms with Crippen molar-refractivity contribution in [2.45, 2.75) is 44.6 Å². The van der Waals surface area contributed by atoms with Gasteiger partial charge in [-0.25, -0.2) is 4.98 Å². The Balaban J connectivity index is 2.47. The highest BCUT2D eigenvalue weighted by molar-refractivity contribution is 6.30. The van der Waals surface area contributed by atoms with Crippen molar-refractivity contribution in [3.8, 4) is 0 Å². The lowest BCUT2D eigenvalue weighted by Gasteiger charge is -2.31. The first-order chi connectivity index (χ1) is 6.87. The lowest BCUT2D eigenvalue weighted by atomic mass is 9.80. The minimum atomic E-state index is -0.229. The number of hydrogen-bond acceptors (Lipinski definition) is 2. The van der Waals surface area contributed by atoms with Gasteiger partial charge >= 0.3 is 0 Å². The van der Waals surface area contributed by atoms with Crippen LogP contribution in [0.15, 0.2) is 12.1 Å². The third-order valence-corrected chi connectivity index (χ3v) is 3.78. The van der Waals surface area contributed by atoms with Crippen LogP contribution in [0.3, 0.4) is 0 Å². The molecule has 2 rings (SSSR count). The van der Waals surface area contributed by atoms with Gasteiger partial charge in [-0.3, -0.25) is 0 Å². The molecule has 0 bridgehead atoms. The fourth-order valence-corrected chi connectivity index (χ4v) is 2.64. The van der Waals surface area contributed by atoms with Gasteiger partial charge < -0.3 is 5.73 Å². The van der Waals surface area contributed by atoms with Crippen LogP contribution in [0.25, 0.3) is 0 Å². The minimum Gasteiger partial charge on any atom is -0.325 e. The zero-order valence-corrected chi connectivity index (χ0v) is 10.2. The van der Waals surface area contributed by atoms with Crippen LogP contribution in [0.5, 0.6) is 0 Å². The Morgan fingerprint density at radius 3 is 2.40 bits per heavy atom. The number of rotatable bonds is 2. The first-order valence-electron chi connectivity index (χ1n) is 5.29. The summed E-state index contributed by atoms with van der Waals surface area (Å²) in [5.41, 5.74) is 8.11. The molecule has 0 unspecified atom stereocenters. The molecule has 0 atom stereocenters. The predicted molar refractivity (Wildman–Crippen MR) is 63.2 cm³/mol. The molecular formula is C12H17ClN2. The van der Waals surface area contributed by atoms with Crippen LogP contribution >= 0.6 is 11.6 Å². The SMILES string of the molecule is Cc1ccc(C2(C(C)(C)N)CC2)c(Cl)n1. The molecule has 1 aromatic rings. The van der Waals surface area contributed by atoms with Crippen LogP contribution in [0.2, 0.25) is 5.15 Å². The third kappa shape index (κ3) is 1.66. The van der Waals surface area contributed by atoms with Gasteiger partial charge in [-0.05, 0) is 45.2 Å². The highest BCUT2D eigenvalue weighted by Gasteiger charge is 2.54. The summed E-state index contributed by atoms with van der Waals surface area (Å²) in [6.45, 7) is 6.08. The Hall–Kier alpha value is -0.600. The molecule has 0 spiro atoms. The Morgan fingerprint density at radius 2 is 2.00 bits per heavy atom. The Kier molecular flexibility index (Phi) is 2.32. The molecule has 0 aromatic carbocycles. The van der Waals surface area contributed by atoms with Gasteiger partial charge in [-0.1, -0.05) is 17.7 Å². The summed E-state index contributed by atoms with van der Waals surface area (Å²) >= 11 is 6.19. The van der Waals surface area contributed by atoms with Crippen LogP contribution in [0.1, 0.15) is 37.9 Å². The average molecular weight is 225 g/mol. The zero-order chi connectivity index (χ0) is 11.3. The molecule has 1 fully saturated rings. The highest BCUT2D eigenvalue weighted by Crippen LogP contribution is 2.56. The molecule has 0 radical (unpaired) electrons. The quantitative estimate of drug-likeness (QED) is 0.785. The number of pyridine rings is 1. The summed E-state index contributed by atoms with van der Waals surface area (Å²) in [5.74, 6) is 0. The lowest BCUT2D eigenvalue weighted by molar-refractivity contribution is 0.391. The van der Waals surface area contributed by atoms with Crippen molar-refractivity contribution in [3.63, 3.8) is 0 Å². The summed E-state index contributed by atoms with van der Waals surface area (Å²) < 4.78 is 0. The van der Waals surface area contributed by atoms with E-state index >= 15 is 0 Å². The normalized spacial score (nSPS) is 19.0. The molecule has 82 valence electrons. The summed E-state index contributed by atoms with van der Waals surface area (Å²) in [5, 5.41) is 0.617. The molecule has 1 saturated carbocycles. The smallest absolute Gasteiger partial charge is 0.133 e. The molecule has 2 nitrogen and oxygen atoms in total. The Morgan fingerprint density at radius 1 is 1.40 bits per heavy atom. The van der Waals surface area contributed by atoms with Crippen molar-refractivity contribution in [3.05, 3.63) is 28.5 Å². The number of aromatic nitrogens is 1. The fraction of sp³-hybridized carbons (Fsp3) is 0.583. The highest BCUT2D eigenvalue weighted by atomic mass is 35.5. The van der Waals surface area contributed by atoms with Gasteiger partial charge in [-0.2, -0.15) is 0 Å². The molecule has 15 heavy (non-hydrogen) atoms. The second-order valence-corrected chi connectivity index (χ2v) is 5.45. The van der Waals surface area contributed by atoms with Crippen molar-refractivity contribution >= 4 is 11.6 Å². The first kappa shape index (κ1) is 10.9. The van der Waals surface area contributed by atoms with Crippen LogP contribution in [0, 0.1) is 6.92 Å². The van der Waals surface area contributed by atoms with E-state index < -0.39 is 0 Å². The van der Waals surface area contributed by atoms with E-state index in [0.717, 1.165) is 24.1 Å². The van der Waals surface area contributed by atoms with Crippen molar-refractivity contribution in [2.75, 3.05) is 0 Å². The van der Waals surface area contributed by atoms with E-state index in [0.29, 0.717) is 5.15 Å². The van der Waals surface area contributed by atoms with Crippen LogP contribution in [0.4, 0.5) is 0 Å².